The first-order valence-electron chi connectivity index (χ1n) is 5.85. The van der Waals surface area contributed by atoms with Gasteiger partial charge in [-0.05, 0) is 24.7 Å². The Kier molecular flexibility index (Phi) is 2.61. The average Bonchev–Trinajstić information content (AvgIpc) is 2.91. The van der Waals surface area contributed by atoms with Crippen LogP contribution in [-0.4, -0.2) is 13.7 Å². The molecule has 0 radical (unpaired) electrons. The monoisotopic (exact) mass is 229 g/mol. The summed E-state index contributed by atoms with van der Waals surface area (Å²) in [6.07, 6.45) is 4.46. The van der Waals surface area contributed by atoms with Crippen molar-refractivity contribution in [3.8, 4) is 16.9 Å². The SMILES string of the molecule is CNC1CCOc2cc(-c3ccoc3)ccc21. The van der Waals surface area contributed by atoms with E-state index < -0.39 is 0 Å². The quantitative estimate of drug-likeness (QED) is 0.859. The summed E-state index contributed by atoms with van der Waals surface area (Å²) in [4.78, 5) is 0. The summed E-state index contributed by atoms with van der Waals surface area (Å²) >= 11 is 0. The molecule has 1 unspecified atom stereocenters. The standard InChI is InChI=1S/C14H15NO2/c1-15-13-5-7-17-14-8-10(2-3-12(13)14)11-4-6-16-9-11/h2-4,6,8-9,13,15H,5,7H2,1H3. The van der Waals surface area contributed by atoms with Gasteiger partial charge in [-0.1, -0.05) is 12.1 Å². The Bertz CT molecular complexity index is 505. The van der Waals surface area contributed by atoms with Crippen LogP contribution in [0.25, 0.3) is 11.1 Å². The van der Waals surface area contributed by atoms with Crippen molar-refractivity contribution < 1.29 is 9.15 Å². The van der Waals surface area contributed by atoms with Crippen molar-refractivity contribution in [2.45, 2.75) is 12.5 Å². The molecule has 17 heavy (non-hydrogen) atoms. The van der Waals surface area contributed by atoms with Crippen molar-refractivity contribution in [2.24, 2.45) is 0 Å². The molecule has 0 spiro atoms. The molecule has 0 amide bonds. The molecule has 2 aromatic rings. The van der Waals surface area contributed by atoms with Crippen LogP contribution in [0.2, 0.25) is 0 Å². The Hall–Kier alpha value is -1.74. The lowest BCUT2D eigenvalue weighted by atomic mass is 9.97. The first-order chi connectivity index (χ1) is 8.38. The van der Waals surface area contributed by atoms with Gasteiger partial charge in [0, 0.05) is 23.6 Å². The molecule has 0 bridgehead atoms. The van der Waals surface area contributed by atoms with Crippen LogP contribution in [0.15, 0.2) is 41.2 Å². The summed E-state index contributed by atoms with van der Waals surface area (Å²) < 4.78 is 10.8. The third-order valence-electron chi connectivity index (χ3n) is 3.26. The lowest BCUT2D eigenvalue weighted by molar-refractivity contribution is 0.257. The van der Waals surface area contributed by atoms with E-state index in [1.54, 1.807) is 12.5 Å². The molecule has 0 aliphatic carbocycles. The molecule has 3 nitrogen and oxygen atoms in total. The van der Waals surface area contributed by atoms with Crippen molar-refractivity contribution in [3.05, 3.63) is 42.4 Å². The molecule has 1 N–H and O–H groups in total. The first-order valence-corrected chi connectivity index (χ1v) is 5.85. The number of hydrogen-bond acceptors (Lipinski definition) is 3. The van der Waals surface area contributed by atoms with Gasteiger partial charge in [0.1, 0.15) is 5.75 Å². The maximum absolute atomic E-state index is 5.72. The number of benzene rings is 1. The van der Waals surface area contributed by atoms with E-state index in [2.05, 4.69) is 23.5 Å². The molecule has 0 saturated carbocycles. The fourth-order valence-corrected chi connectivity index (χ4v) is 2.30. The molecule has 0 saturated heterocycles. The second-order valence-corrected chi connectivity index (χ2v) is 4.24. The van der Waals surface area contributed by atoms with Crippen molar-refractivity contribution in [1.29, 1.82) is 0 Å². The summed E-state index contributed by atoms with van der Waals surface area (Å²) in [6.45, 7) is 0.771. The van der Waals surface area contributed by atoms with Crippen LogP contribution in [0.4, 0.5) is 0 Å². The van der Waals surface area contributed by atoms with E-state index in [1.807, 2.05) is 13.1 Å². The summed E-state index contributed by atoms with van der Waals surface area (Å²) in [7, 11) is 1.99. The molecule has 1 aromatic heterocycles. The molecular formula is C14H15NO2. The normalized spacial score (nSPS) is 18.5. The fraction of sp³-hybridized carbons (Fsp3) is 0.286. The summed E-state index contributed by atoms with van der Waals surface area (Å²) in [5.74, 6) is 0.981. The summed E-state index contributed by atoms with van der Waals surface area (Å²) in [5, 5.41) is 3.32. The Morgan fingerprint density at radius 3 is 2.94 bits per heavy atom. The van der Waals surface area contributed by atoms with Crippen LogP contribution in [0, 0.1) is 0 Å². The lowest BCUT2D eigenvalue weighted by Crippen LogP contribution is -2.23. The Labute approximate surface area is 100 Å². The zero-order valence-corrected chi connectivity index (χ0v) is 9.77. The van der Waals surface area contributed by atoms with Gasteiger partial charge in [0.2, 0.25) is 0 Å². The molecule has 88 valence electrons. The predicted molar refractivity (Wildman–Crippen MR) is 66.1 cm³/mol. The number of hydrogen-bond donors (Lipinski definition) is 1. The number of nitrogens with one attached hydrogen (secondary N) is 1. The van der Waals surface area contributed by atoms with Gasteiger partial charge in [-0.25, -0.2) is 0 Å². The molecule has 1 atom stereocenters. The van der Waals surface area contributed by atoms with E-state index in [9.17, 15) is 0 Å². The second kappa shape index (κ2) is 4.26. The van der Waals surface area contributed by atoms with Gasteiger partial charge in [0.25, 0.3) is 0 Å². The average molecular weight is 229 g/mol. The van der Waals surface area contributed by atoms with E-state index in [4.69, 9.17) is 9.15 Å². The van der Waals surface area contributed by atoms with Crippen molar-refractivity contribution in [1.82, 2.24) is 5.32 Å². The van der Waals surface area contributed by atoms with Gasteiger partial charge in [-0.3, -0.25) is 0 Å². The first kappa shape index (κ1) is 10.4. The largest absolute Gasteiger partial charge is 0.493 e. The smallest absolute Gasteiger partial charge is 0.124 e. The minimum absolute atomic E-state index is 0.400. The highest BCUT2D eigenvalue weighted by Gasteiger charge is 2.20. The lowest BCUT2D eigenvalue weighted by Gasteiger charge is -2.25. The van der Waals surface area contributed by atoms with Crippen LogP contribution < -0.4 is 10.1 Å². The summed E-state index contributed by atoms with van der Waals surface area (Å²) in [6, 6.07) is 8.70. The van der Waals surface area contributed by atoms with E-state index in [-0.39, 0.29) is 0 Å². The zero-order valence-electron chi connectivity index (χ0n) is 9.77. The van der Waals surface area contributed by atoms with Crippen LogP contribution >= 0.6 is 0 Å². The highest BCUT2D eigenvalue weighted by molar-refractivity contribution is 5.65. The molecule has 2 heterocycles. The van der Waals surface area contributed by atoms with Crippen molar-refractivity contribution >= 4 is 0 Å². The van der Waals surface area contributed by atoms with E-state index >= 15 is 0 Å². The number of furan rings is 1. The Balaban J connectivity index is 2.02. The number of rotatable bonds is 2. The van der Waals surface area contributed by atoms with Gasteiger partial charge in [-0.15, -0.1) is 0 Å². The van der Waals surface area contributed by atoms with E-state index in [1.165, 1.54) is 5.56 Å². The maximum atomic E-state index is 5.72. The fourth-order valence-electron chi connectivity index (χ4n) is 2.30. The molecule has 1 aromatic carbocycles. The zero-order chi connectivity index (χ0) is 11.7. The van der Waals surface area contributed by atoms with Gasteiger partial charge >= 0.3 is 0 Å². The predicted octanol–water partition coefficient (Wildman–Crippen LogP) is 2.99. The van der Waals surface area contributed by atoms with Crippen molar-refractivity contribution in [2.75, 3.05) is 13.7 Å². The third kappa shape index (κ3) is 1.83. The van der Waals surface area contributed by atoms with Crippen LogP contribution in [0.5, 0.6) is 5.75 Å². The number of fused-ring (bicyclic) bond motifs is 1. The van der Waals surface area contributed by atoms with Gasteiger partial charge < -0.3 is 14.5 Å². The molecule has 3 rings (SSSR count). The molecule has 1 aliphatic rings. The molecule has 1 aliphatic heterocycles. The molecule has 0 fully saturated rings. The van der Waals surface area contributed by atoms with E-state index in [0.29, 0.717) is 6.04 Å². The highest BCUT2D eigenvalue weighted by Crippen LogP contribution is 2.35. The van der Waals surface area contributed by atoms with Gasteiger partial charge in [0.05, 0.1) is 19.1 Å². The molecule has 3 heteroatoms. The minimum atomic E-state index is 0.400. The number of ether oxygens (including phenoxy) is 1. The van der Waals surface area contributed by atoms with Crippen molar-refractivity contribution in [3.63, 3.8) is 0 Å². The maximum Gasteiger partial charge on any atom is 0.124 e. The van der Waals surface area contributed by atoms with Crippen LogP contribution in [0.1, 0.15) is 18.0 Å². The summed E-state index contributed by atoms with van der Waals surface area (Å²) in [5.41, 5.74) is 3.46. The second-order valence-electron chi connectivity index (χ2n) is 4.24. The topological polar surface area (TPSA) is 34.4 Å². The molecular weight excluding hydrogens is 214 g/mol. The minimum Gasteiger partial charge on any atom is -0.493 e. The Morgan fingerprint density at radius 2 is 2.18 bits per heavy atom. The highest BCUT2D eigenvalue weighted by atomic mass is 16.5. The van der Waals surface area contributed by atoms with Gasteiger partial charge in [-0.2, -0.15) is 0 Å². The van der Waals surface area contributed by atoms with Crippen LogP contribution in [-0.2, 0) is 0 Å². The van der Waals surface area contributed by atoms with Crippen LogP contribution in [0.3, 0.4) is 0 Å². The van der Waals surface area contributed by atoms with Gasteiger partial charge in [0.15, 0.2) is 0 Å². The Morgan fingerprint density at radius 1 is 1.24 bits per heavy atom. The third-order valence-corrected chi connectivity index (χ3v) is 3.26. The van der Waals surface area contributed by atoms with E-state index in [0.717, 1.165) is 29.9 Å².